The number of ether oxygens (including phenoxy) is 2. The minimum atomic E-state index is -0.954. The number of aliphatic hydroxyl groups is 3. The van der Waals surface area contributed by atoms with Crippen LogP contribution >= 0.6 is 0 Å². The van der Waals surface area contributed by atoms with Gasteiger partial charge >= 0.3 is 5.97 Å². The van der Waals surface area contributed by atoms with Gasteiger partial charge in [0.1, 0.15) is 6.10 Å². The highest BCUT2D eigenvalue weighted by Gasteiger charge is 2.85. The second-order valence-electron chi connectivity index (χ2n) is 16.4. The van der Waals surface area contributed by atoms with Crippen LogP contribution in [0.2, 0.25) is 0 Å². The van der Waals surface area contributed by atoms with Crippen LogP contribution in [-0.4, -0.2) is 56.9 Å². The van der Waals surface area contributed by atoms with E-state index >= 15 is 0 Å². The van der Waals surface area contributed by atoms with Crippen molar-refractivity contribution in [1.82, 2.24) is 0 Å². The molecule has 1 saturated heterocycles. The minimum Gasteiger partial charge on any atom is -0.462 e. The number of carbonyl (C=O) groups excluding carboxylic acids is 1. The van der Waals surface area contributed by atoms with Crippen molar-refractivity contribution in [3.05, 3.63) is 0 Å². The van der Waals surface area contributed by atoms with Crippen LogP contribution in [0, 0.1) is 44.8 Å². The van der Waals surface area contributed by atoms with Crippen molar-refractivity contribution < 1.29 is 29.6 Å². The third-order valence-corrected chi connectivity index (χ3v) is 14.2. The van der Waals surface area contributed by atoms with Gasteiger partial charge in [-0.15, -0.1) is 0 Å². The van der Waals surface area contributed by atoms with Gasteiger partial charge in [-0.1, -0.05) is 27.7 Å². The Morgan fingerprint density at radius 1 is 0.895 bits per heavy atom. The van der Waals surface area contributed by atoms with Crippen molar-refractivity contribution in [2.75, 3.05) is 0 Å². The van der Waals surface area contributed by atoms with Crippen molar-refractivity contribution >= 4 is 5.97 Å². The lowest BCUT2D eigenvalue weighted by Crippen LogP contribution is -2.64. The minimum absolute atomic E-state index is 0.101. The van der Waals surface area contributed by atoms with Gasteiger partial charge in [0.05, 0.1) is 29.5 Å². The van der Waals surface area contributed by atoms with Crippen molar-refractivity contribution in [3.63, 3.8) is 0 Å². The number of hydrogen-bond acceptors (Lipinski definition) is 6. The Labute approximate surface area is 229 Å². The van der Waals surface area contributed by atoms with Crippen LogP contribution in [0.5, 0.6) is 0 Å². The molecular formula is C32H52O6. The summed E-state index contributed by atoms with van der Waals surface area (Å²) in [5.41, 5.74) is -2.03. The summed E-state index contributed by atoms with van der Waals surface area (Å²) < 4.78 is 12.9. The number of rotatable bonds is 3. The van der Waals surface area contributed by atoms with E-state index in [1.165, 1.54) is 6.92 Å². The molecule has 3 N–H and O–H groups in total. The molecule has 0 aromatic carbocycles. The number of hydrogen-bond donors (Lipinski definition) is 3. The average Bonchev–Trinajstić information content (AvgIpc) is 3.13. The first-order chi connectivity index (χ1) is 17.4. The lowest BCUT2D eigenvalue weighted by atomic mass is 9.41. The Morgan fingerprint density at radius 3 is 2.16 bits per heavy atom. The average molecular weight is 533 g/mol. The molecule has 6 heteroatoms. The van der Waals surface area contributed by atoms with E-state index in [1.54, 1.807) is 13.8 Å². The maximum atomic E-state index is 12.4. The molecule has 0 amide bonds. The molecule has 0 bridgehead atoms. The summed E-state index contributed by atoms with van der Waals surface area (Å²) >= 11 is 0. The third kappa shape index (κ3) is 3.13. The van der Waals surface area contributed by atoms with Gasteiger partial charge in [-0.05, 0) is 112 Å². The summed E-state index contributed by atoms with van der Waals surface area (Å²) in [5.74, 6) is 0.509. The largest absolute Gasteiger partial charge is 0.462 e. The van der Waals surface area contributed by atoms with Crippen LogP contribution in [0.25, 0.3) is 0 Å². The van der Waals surface area contributed by atoms with Crippen molar-refractivity contribution in [2.45, 2.75) is 149 Å². The summed E-state index contributed by atoms with van der Waals surface area (Å²) in [4.78, 5) is 12.4. The summed E-state index contributed by atoms with van der Waals surface area (Å²) in [6.45, 7) is 16.4. The first-order valence-electron chi connectivity index (χ1n) is 15.3. The quantitative estimate of drug-likeness (QED) is 0.443. The van der Waals surface area contributed by atoms with Gasteiger partial charge in [0, 0.05) is 18.3 Å². The Bertz CT molecular complexity index is 1020. The normalized spacial score (nSPS) is 56.9. The van der Waals surface area contributed by atoms with Gasteiger partial charge in [-0.2, -0.15) is 0 Å². The highest BCUT2D eigenvalue weighted by atomic mass is 16.6. The Balaban J connectivity index is 1.42. The third-order valence-electron chi connectivity index (χ3n) is 14.2. The topological polar surface area (TPSA) is 96.2 Å². The van der Waals surface area contributed by atoms with E-state index in [9.17, 15) is 20.1 Å². The Kier molecular flexibility index (Phi) is 5.62. The predicted molar refractivity (Wildman–Crippen MR) is 144 cm³/mol. The number of aliphatic hydroxyl groups excluding tert-OH is 2. The zero-order valence-electron chi connectivity index (χ0n) is 25.0. The molecule has 6 aliphatic rings. The van der Waals surface area contributed by atoms with E-state index in [-0.39, 0.29) is 51.9 Å². The molecule has 12 atom stereocenters. The fourth-order valence-corrected chi connectivity index (χ4v) is 12.4. The Morgan fingerprint density at radius 2 is 1.55 bits per heavy atom. The predicted octanol–water partition coefficient (Wildman–Crippen LogP) is 5.01. The van der Waals surface area contributed by atoms with E-state index in [1.807, 2.05) is 0 Å². The maximum absolute atomic E-state index is 12.4. The van der Waals surface area contributed by atoms with Crippen LogP contribution in [-0.2, 0) is 14.3 Å². The number of carbonyl (C=O) groups is 1. The molecule has 1 aliphatic heterocycles. The highest BCUT2D eigenvalue weighted by Crippen LogP contribution is 2.89. The molecule has 5 aliphatic carbocycles. The molecular weight excluding hydrogens is 480 g/mol. The lowest BCUT2D eigenvalue weighted by molar-refractivity contribution is -0.232. The standard InChI is InChI=1S/C32H52O6/c1-18(33)37-19-15-28(6)21-10-9-20-26(2,3)22(34)11-14-31(20)17-32(21,31)16-23(35)30(28,8)25(19)29(7)13-12-24(38-29)27(4,5)36/h19-25,34-36H,9-17H2,1-8H3/t19-,20-,21-,22-,23+,24+,25+,28-,29+,30+,31+,32-/m0/s1. The molecule has 6 fully saturated rings. The van der Waals surface area contributed by atoms with E-state index in [4.69, 9.17) is 9.47 Å². The van der Waals surface area contributed by atoms with Crippen molar-refractivity contribution in [1.29, 1.82) is 0 Å². The van der Waals surface area contributed by atoms with Gasteiger partial charge in [-0.25, -0.2) is 0 Å². The van der Waals surface area contributed by atoms with Crippen LogP contribution in [0.1, 0.15) is 113 Å². The van der Waals surface area contributed by atoms with Crippen LogP contribution < -0.4 is 0 Å². The fourth-order valence-electron chi connectivity index (χ4n) is 12.4. The fraction of sp³-hybridized carbons (Fsp3) is 0.969. The van der Waals surface area contributed by atoms with Crippen molar-refractivity contribution in [2.24, 2.45) is 44.8 Å². The van der Waals surface area contributed by atoms with E-state index in [0.717, 1.165) is 57.8 Å². The van der Waals surface area contributed by atoms with Gasteiger partial charge in [0.25, 0.3) is 0 Å². The van der Waals surface area contributed by atoms with Gasteiger partial charge in [0.15, 0.2) is 0 Å². The SMILES string of the molecule is CC(=O)O[C@H]1C[C@@]2(C)[C@@H]3CC[C@H]4C(C)(C)[C@@H](O)CC[C@@]45C[C@@]35C[C@@H](O)[C@]2(C)[C@H]1[C@@]1(C)CC[C@H](C(C)(C)O)O1. The van der Waals surface area contributed by atoms with Gasteiger partial charge < -0.3 is 24.8 Å². The van der Waals surface area contributed by atoms with Crippen LogP contribution in [0.15, 0.2) is 0 Å². The smallest absolute Gasteiger partial charge is 0.302 e. The summed E-state index contributed by atoms with van der Waals surface area (Å²) in [6, 6.07) is 0. The van der Waals surface area contributed by atoms with Crippen LogP contribution in [0.4, 0.5) is 0 Å². The summed E-state index contributed by atoms with van der Waals surface area (Å²) in [6.07, 6.45) is 6.97. The molecule has 0 unspecified atom stereocenters. The van der Waals surface area contributed by atoms with Crippen molar-refractivity contribution in [3.8, 4) is 0 Å². The zero-order valence-corrected chi connectivity index (χ0v) is 25.0. The molecule has 38 heavy (non-hydrogen) atoms. The van der Waals surface area contributed by atoms with E-state index < -0.39 is 22.7 Å². The van der Waals surface area contributed by atoms with Gasteiger partial charge in [0.2, 0.25) is 0 Å². The summed E-state index contributed by atoms with van der Waals surface area (Å²) in [7, 11) is 0. The summed E-state index contributed by atoms with van der Waals surface area (Å²) in [5, 5.41) is 34.1. The highest BCUT2D eigenvalue weighted by molar-refractivity contribution is 5.66. The van der Waals surface area contributed by atoms with Gasteiger partial charge in [-0.3, -0.25) is 4.79 Å². The Hall–Kier alpha value is -0.690. The second kappa shape index (κ2) is 7.77. The monoisotopic (exact) mass is 532 g/mol. The molecule has 5 saturated carbocycles. The molecule has 6 rings (SSSR count). The molecule has 1 heterocycles. The van der Waals surface area contributed by atoms with Crippen LogP contribution in [0.3, 0.4) is 0 Å². The van der Waals surface area contributed by atoms with E-state index in [2.05, 4.69) is 34.6 Å². The first kappa shape index (κ1) is 27.5. The molecule has 216 valence electrons. The van der Waals surface area contributed by atoms with E-state index in [0.29, 0.717) is 11.8 Å². The zero-order chi connectivity index (χ0) is 27.9. The molecule has 0 aromatic heterocycles. The second-order valence-corrected chi connectivity index (χ2v) is 16.4. The first-order valence-corrected chi connectivity index (χ1v) is 15.3. The maximum Gasteiger partial charge on any atom is 0.302 e. The molecule has 0 radical (unpaired) electrons. The molecule has 2 spiro atoms. The molecule has 0 aromatic rings. The molecule has 6 nitrogen and oxygen atoms in total. The lowest BCUT2D eigenvalue weighted by Gasteiger charge is -2.64. The number of fused-ring (bicyclic) bond motifs is 2. The number of esters is 1.